The van der Waals surface area contributed by atoms with Crippen molar-refractivity contribution in [1.29, 1.82) is 0 Å². The molecular weight excluding hydrogens is 143 g/mol. The molecule has 0 saturated carbocycles. The Balaban J connectivity index is 3.31. The monoisotopic (exact) mass is 148 g/mol. The van der Waals surface area contributed by atoms with Gasteiger partial charge in [0.1, 0.15) is 5.69 Å². The van der Waals surface area contributed by atoms with Crippen molar-refractivity contribution < 1.29 is 18.9 Å². The summed E-state index contributed by atoms with van der Waals surface area (Å²) in [5, 5.41) is 0. The molecule has 0 atom stereocenters. The molecule has 1 aromatic carbocycles. The SMILES string of the molecule is [NH3+]c1cc(F)c(F)c(F)c1. The van der Waals surface area contributed by atoms with Crippen LogP contribution in [-0.2, 0) is 0 Å². The fourth-order valence-electron chi connectivity index (χ4n) is 0.608. The van der Waals surface area contributed by atoms with Crippen LogP contribution in [0.25, 0.3) is 0 Å². The van der Waals surface area contributed by atoms with Gasteiger partial charge in [-0.2, -0.15) is 0 Å². The highest BCUT2D eigenvalue weighted by Gasteiger charge is 2.09. The number of rotatable bonds is 0. The van der Waals surface area contributed by atoms with Gasteiger partial charge in [-0.05, 0) is 0 Å². The minimum absolute atomic E-state index is 0.122. The second kappa shape index (κ2) is 2.30. The lowest BCUT2D eigenvalue weighted by molar-refractivity contribution is -0.255. The standard InChI is InChI=1S/C6H4F3N/c7-4-1-3(10)2-5(8)6(4)9/h1-2H,10H2/p+1. The highest BCUT2D eigenvalue weighted by molar-refractivity contribution is 5.29. The van der Waals surface area contributed by atoms with Gasteiger partial charge in [0.2, 0.25) is 0 Å². The van der Waals surface area contributed by atoms with E-state index >= 15 is 0 Å². The van der Waals surface area contributed by atoms with Gasteiger partial charge in [0.05, 0.1) is 0 Å². The van der Waals surface area contributed by atoms with Crippen molar-refractivity contribution >= 4 is 5.69 Å². The average molecular weight is 148 g/mol. The van der Waals surface area contributed by atoms with E-state index in [1.165, 1.54) is 0 Å². The summed E-state index contributed by atoms with van der Waals surface area (Å²) in [6.07, 6.45) is 0. The van der Waals surface area contributed by atoms with Crippen molar-refractivity contribution in [2.45, 2.75) is 0 Å². The van der Waals surface area contributed by atoms with Crippen molar-refractivity contribution in [2.24, 2.45) is 0 Å². The number of quaternary nitrogens is 1. The molecule has 0 heterocycles. The molecule has 3 N–H and O–H groups in total. The molecule has 1 aromatic rings. The Kier molecular flexibility index (Phi) is 1.63. The van der Waals surface area contributed by atoms with Gasteiger partial charge in [-0.25, -0.2) is 13.2 Å². The van der Waals surface area contributed by atoms with Gasteiger partial charge in [-0.1, -0.05) is 0 Å². The van der Waals surface area contributed by atoms with Gasteiger partial charge in [0, 0.05) is 12.1 Å². The molecular formula is C6H5F3N+. The van der Waals surface area contributed by atoms with Gasteiger partial charge < -0.3 is 5.73 Å². The number of benzene rings is 1. The second-order valence-electron chi connectivity index (χ2n) is 1.87. The van der Waals surface area contributed by atoms with Crippen molar-refractivity contribution in [3.05, 3.63) is 29.6 Å². The molecule has 0 saturated heterocycles. The summed E-state index contributed by atoms with van der Waals surface area (Å²) < 4.78 is 36.5. The number of hydrogen-bond acceptors (Lipinski definition) is 0. The lowest BCUT2D eigenvalue weighted by atomic mass is 10.3. The van der Waals surface area contributed by atoms with Gasteiger partial charge in [0.15, 0.2) is 17.5 Å². The quantitative estimate of drug-likeness (QED) is 0.531. The summed E-state index contributed by atoms with van der Waals surface area (Å²) in [7, 11) is 0. The first kappa shape index (κ1) is 7.08. The zero-order chi connectivity index (χ0) is 7.72. The molecule has 0 aliphatic carbocycles. The van der Waals surface area contributed by atoms with Crippen LogP contribution >= 0.6 is 0 Å². The summed E-state index contributed by atoms with van der Waals surface area (Å²) >= 11 is 0. The third-order valence-electron chi connectivity index (χ3n) is 1.04. The van der Waals surface area contributed by atoms with Crippen LogP contribution in [0.15, 0.2) is 12.1 Å². The molecule has 0 aromatic heterocycles. The molecule has 0 fully saturated rings. The van der Waals surface area contributed by atoms with Crippen LogP contribution in [0.3, 0.4) is 0 Å². The van der Waals surface area contributed by atoms with E-state index in [0.717, 1.165) is 12.1 Å². The van der Waals surface area contributed by atoms with Gasteiger partial charge in [-0.3, -0.25) is 0 Å². The maximum Gasteiger partial charge on any atom is 0.194 e. The molecule has 0 bridgehead atoms. The van der Waals surface area contributed by atoms with Gasteiger partial charge >= 0.3 is 0 Å². The lowest BCUT2D eigenvalue weighted by Crippen LogP contribution is -2.40. The van der Waals surface area contributed by atoms with Crippen LogP contribution in [0, 0.1) is 17.5 Å². The molecule has 0 radical (unpaired) electrons. The van der Waals surface area contributed by atoms with E-state index in [9.17, 15) is 13.2 Å². The molecule has 10 heavy (non-hydrogen) atoms. The average Bonchev–Trinajstić information content (AvgIpc) is 1.82. The van der Waals surface area contributed by atoms with Crippen molar-refractivity contribution in [1.82, 2.24) is 0 Å². The van der Waals surface area contributed by atoms with Gasteiger partial charge in [-0.15, -0.1) is 0 Å². The summed E-state index contributed by atoms with van der Waals surface area (Å²) in [5.74, 6) is -3.86. The molecule has 1 rings (SSSR count). The molecule has 0 spiro atoms. The first-order valence-electron chi connectivity index (χ1n) is 2.58. The molecule has 4 heteroatoms. The maximum absolute atomic E-state index is 12.2. The van der Waals surface area contributed by atoms with E-state index < -0.39 is 17.5 Å². The fraction of sp³-hybridized carbons (Fsp3) is 0. The molecule has 54 valence electrons. The van der Waals surface area contributed by atoms with Crippen molar-refractivity contribution in [3.8, 4) is 0 Å². The fourth-order valence-corrected chi connectivity index (χ4v) is 0.608. The topological polar surface area (TPSA) is 27.6 Å². The highest BCUT2D eigenvalue weighted by atomic mass is 19.2. The lowest BCUT2D eigenvalue weighted by Gasteiger charge is -1.92. The molecule has 1 nitrogen and oxygen atoms in total. The van der Waals surface area contributed by atoms with Crippen LogP contribution in [0.2, 0.25) is 0 Å². The Morgan fingerprint density at radius 3 is 1.80 bits per heavy atom. The Labute approximate surface area is 55.3 Å². The van der Waals surface area contributed by atoms with Crippen molar-refractivity contribution in [3.63, 3.8) is 0 Å². The summed E-state index contributed by atoms with van der Waals surface area (Å²) in [6, 6.07) is 1.66. The van der Waals surface area contributed by atoms with E-state index in [4.69, 9.17) is 0 Å². The van der Waals surface area contributed by atoms with Crippen LogP contribution in [0.5, 0.6) is 0 Å². The Morgan fingerprint density at radius 2 is 1.40 bits per heavy atom. The van der Waals surface area contributed by atoms with E-state index in [0.29, 0.717) is 0 Å². The minimum atomic E-state index is -1.45. The third kappa shape index (κ3) is 1.11. The normalized spacial score (nSPS) is 10.0. The Morgan fingerprint density at radius 1 is 1.00 bits per heavy atom. The summed E-state index contributed by atoms with van der Waals surface area (Å²) in [5.41, 5.74) is 3.36. The van der Waals surface area contributed by atoms with E-state index in [1.807, 2.05) is 0 Å². The molecule has 0 aliphatic heterocycles. The molecule has 0 unspecified atom stereocenters. The zero-order valence-electron chi connectivity index (χ0n) is 5.00. The Hall–Kier alpha value is -1.03. The number of halogens is 3. The van der Waals surface area contributed by atoms with Gasteiger partial charge in [0.25, 0.3) is 0 Å². The zero-order valence-corrected chi connectivity index (χ0v) is 5.00. The van der Waals surface area contributed by atoms with Crippen molar-refractivity contribution in [2.75, 3.05) is 0 Å². The predicted octanol–water partition coefficient (Wildman–Crippen LogP) is 0.977. The first-order valence-corrected chi connectivity index (χ1v) is 2.58. The van der Waals surface area contributed by atoms with Crippen LogP contribution in [0.1, 0.15) is 0 Å². The number of hydrogen-bond donors (Lipinski definition) is 1. The summed E-state index contributed by atoms with van der Waals surface area (Å²) in [4.78, 5) is 0. The third-order valence-corrected chi connectivity index (χ3v) is 1.04. The molecule has 0 aliphatic rings. The largest absolute Gasteiger partial charge is 0.325 e. The summed E-state index contributed by atoms with van der Waals surface area (Å²) in [6.45, 7) is 0. The first-order chi connectivity index (χ1) is 4.61. The molecule has 0 amide bonds. The minimum Gasteiger partial charge on any atom is -0.325 e. The maximum atomic E-state index is 12.2. The smallest absolute Gasteiger partial charge is 0.194 e. The van der Waals surface area contributed by atoms with E-state index in [-0.39, 0.29) is 5.69 Å². The Bertz CT molecular complexity index is 236. The van der Waals surface area contributed by atoms with Crippen LogP contribution < -0.4 is 5.73 Å². The van der Waals surface area contributed by atoms with E-state index in [1.54, 1.807) is 0 Å². The van der Waals surface area contributed by atoms with Crippen LogP contribution in [0.4, 0.5) is 18.9 Å². The van der Waals surface area contributed by atoms with E-state index in [2.05, 4.69) is 5.73 Å². The van der Waals surface area contributed by atoms with Crippen LogP contribution in [-0.4, -0.2) is 0 Å². The second-order valence-corrected chi connectivity index (χ2v) is 1.87. The highest BCUT2D eigenvalue weighted by Crippen LogP contribution is 2.12. The predicted molar refractivity (Wildman–Crippen MR) is 28.9 cm³/mol.